The Labute approximate surface area is 414 Å². The number of esters is 2. The van der Waals surface area contributed by atoms with E-state index in [0.29, 0.717) is 12.8 Å². The molecule has 0 rings (SSSR count). The van der Waals surface area contributed by atoms with Crippen molar-refractivity contribution in [3.05, 3.63) is 109 Å². The summed E-state index contributed by atoms with van der Waals surface area (Å²) in [5.74, 6) is -0.611. The molecule has 5 nitrogen and oxygen atoms in total. The zero-order chi connectivity index (χ0) is 48.5. The molecule has 0 aliphatic rings. The van der Waals surface area contributed by atoms with Crippen molar-refractivity contribution in [2.45, 2.75) is 258 Å². The summed E-state index contributed by atoms with van der Waals surface area (Å²) in [7, 11) is 0. The van der Waals surface area contributed by atoms with Crippen LogP contribution in [0.5, 0.6) is 0 Å². The van der Waals surface area contributed by atoms with Gasteiger partial charge in [0.1, 0.15) is 6.61 Å². The van der Waals surface area contributed by atoms with Crippen LogP contribution in [0.4, 0.5) is 0 Å². The van der Waals surface area contributed by atoms with E-state index in [1.807, 2.05) is 0 Å². The first-order chi connectivity index (χ1) is 33.1. The Morgan fingerprint density at radius 3 is 0.970 bits per heavy atom. The summed E-state index contributed by atoms with van der Waals surface area (Å²) in [6.45, 7) is 4.03. The van der Waals surface area contributed by atoms with Crippen molar-refractivity contribution in [3.8, 4) is 0 Å². The van der Waals surface area contributed by atoms with Crippen LogP contribution in [0, 0.1) is 0 Å². The molecule has 1 N–H and O–H groups in total. The first-order valence-corrected chi connectivity index (χ1v) is 27.9. The smallest absolute Gasteiger partial charge is 0.306 e. The van der Waals surface area contributed by atoms with E-state index in [9.17, 15) is 14.7 Å². The summed E-state index contributed by atoms with van der Waals surface area (Å²) in [6.07, 6.45) is 81.9. The van der Waals surface area contributed by atoms with Gasteiger partial charge in [0.05, 0.1) is 6.61 Å². The molecule has 0 fully saturated rings. The summed E-state index contributed by atoms with van der Waals surface area (Å²) >= 11 is 0. The van der Waals surface area contributed by atoms with E-state index in [-0.39, 0.29) is 25.2 Å². The number of aliphatic hydroxyl groups is 1. The summed E-state index contributed by atoms with van der Waals surface area (Å²) in [6, 6.07) is 0. The van der Waals surface area contributed by atoms with Crippen LogP contribution in [0.2, 0.25) is 0 Å². The van der Waals surface area contributed by atoms with Gasteiger partial charge in [-0.15, -0.1) is 0 Å². The van der Waals surface area contributed by atoms with Crippen molar-refractivity contribution in [1.29, 1.82) is 0 Å². The van der Waals surface area contributed by atoms with E-state index >= 15 is 0 Å². The van der Waals surface area contributed by atoms with Gasteiger partial charge >= 0.3 is 11.9 Å². The van der Waals surface area contributed by atoms with Crippen LogP contribution in [0.1, 0.15) is 251 Å². The van der Waals surface area contributed by atoms with E-state index in [4.69, 9.17) is 9.47 Å². The van der Waals surface area contributed by atoms with Crippen LogP contribution in [0.15, 0.2) is 109 Å². The van der Waals surface area contributed by atoms with Gasteiger partial charge in [-0.1, -0.05) is 264 Å². The minimum absolute atomic E-state index is 0.0770. The third-order valence-corrected chi connectivity index (χ3v) is 11.8. The zero-order valence-corrected chi connectivity index (χ0v) is 43.6. The Kier molecular flexibility index (Phi) is 54.0. The molecule has 0 saturated carbocycles. The van der Waals surface area contributed by atoms with Crippen LogP contribution in [-0.4, -0.2) is 36.4 Å². The van der Waals surface area contributed by atoms with Gasteiger partial charge < -0.3 is 14.6 Å². The molecular formula is C62H104O5. The van der Waals surface area contributed by atoms with E-state index in [1.54, 1.807) is 0 Å². The summed E-state index contributed by atoms with van der Waals surface area (Å²) < 4.78 is 10.7. The lowest BCUT2D eigenvalue weighted by Gasteiger charge is -2.15. The highest BCUT2D eigenvalue weighted by Gasteiger charge is 2.16. The number of rotatable bonds is 50. The number of ether oxygens (including phenoxy) is 2. The lowest BCUT2D eigenvalue weighted by atomic mass is 10.0. The molecule has 67 heavy (non-hydrogen) atoms. The maximum atomic E-state index is 12.3. The first kappa shape index (κ1) is 63.6. The van der Waals surface area contributed by atoms with Crippen LogP contribution in [0.25, 0.3) is 0 Å². The maximum Gasteiger partial charge on any atom is 0.306 e. The molecule has 1 unspecified atom stereocenters. The molecule has 0 saturated heterocycles. The van der Waals surface area contributed by atoms with Gasteiger partial charge in [-0.3, -0.25) is 9.59 Å². The Bertz CT molecular complexity index is 1330. The molecular weight excluding hydrogens is 825 g/mol. The largest absolute Gasteiger partial charge is 0.462 e. The summed E-state index contributed by atoms with van der Waals surface area (Å²) in [4.78, 5) is 24.5. The molecule has 0 aromatic rings. The van der Waals surface area contributed by atoms with E-state index < -0.39 is 6.10 Å². The lowest BCUT2D eigenvalue weighted by Crippen LogP contribution is -2.28. The van der Waals surface area contributed by atoms with Crippen molar-refractivity contribution in [2.24, 2.45) is 0 Å². The number of carbonyl (C=O) groups is 2. The van der Waals surface area contributed by atoms with Gasteiger partial charge in [-0.25, -0.2) is 0 Å². The number of carbonyl (C=O) groups excluding carboxylic acids is 2. The number of unbranched alkanes of at least 4 members (excludes halogenated alkanes) is 24. The Hall–Kier alpha value is -3.44. The number of allylic oxidation sites excluding steroid dienone is 18. The van der Waals surface area contributed by atoms with E-state index in [1.165, 1.54) is 109 Å². The molecule has 1 atom stereocenters. The van der Waals surface area contributed by atoms with E-state index in [0.717, 1.165) is 116 Å². The zero-order valence-electron chi connectivity index (χ0n) is 43.6. The molecule has 0 aliphatic carbocycles. The Balaban J connectivity index is 3.61. The molecule has 0 aromatic carbocycles. The second kappa shape index (κ2) is 56.9. The van der Waals surface area contributed by atoms with Gasteiger partial charge in [0.25, 0.3) is 0 Å². The van der Waals surface area contributed by atoms with Gasteiger partial charge in [0.15, 0.2) is 6.10 Å². The Morgan fingerprint density at radius 1 is 0.358 bits per heavy atom. The molecule has 0 heterocycles. The third-order valence-electron chi connectivity index (χ3n) is 11.8. The molecule has 382 valence electrons. The lowest BCUT2D eigenvalue weighted by molar-refractivity contribution is -0.161. The highest BCUT2D eigenvalue weighted by Crippen LogP contribution is 2.16. The second-order valence-electron chi connectivity index (χ2n) is 18.3. The van der Waals surface area contributed by atoms with E-state index in [2.05, 4.69) is 123 Å². The number of hydrogen-bond acceptors (Lipinski definition) is 5. The molecule has 5 heteroatoms. The normalized spacial score (nSPS) is 13.1. The molecule has 0 aromatic heterocycles. The molecule has 0 aliphatic heterocycles. The standard InChI is InChI=1S/C62H104O5/c1-3-5-7-9-11-13-15-17-19-21-23-25-26-27-28-29-30-31-32-33-34-35-36-37-39-41-43-45-47-49-51-53-55-57-62(65)67-60(58-63)59-66-61(64)56-54-52-50-48-46-44-42-40-38-24-22-20-18-16-14-12-10-8-6-4-2/h5,7,11,13,17,19,23,25,27-28,30-31,33-34,36-37,41,43,60,63H,3-4,6,8-10,12,14-16,18,20-22,24,26,29,32,35,38-40,42,44-59H2,1-2H3/b7-5-,13-11-,19-17-,25-23-,28-27-,31-30-,34-33-,37-36-,43-41-. The fourth-order valence-electron chi connectivity index (χ4n) is 7.67. The quantitative estimate of drug-likeness (QED) is 0.0374. The predicted molar refractivity (Wildman–Crippen MR) is 292 cm³/mol. The molecule has 0 spiro atoms. The molecule has 0 radical (unpaired) electrons. The highest BCUT2D eigenvalue weighted by molar-refractivity contribution is 5.70. The van der Waals surface area contributed by atoms with Crippen molar-refractivity contribution in [1.82, 2.24) is 0 Å². The van der Waals surface area contributed by atoms with Crippen LogP contribution >= 0.6 is 0 Å². The minimum Gasteiger partial charge on any atom is -0.462 e. The summed E-state index contributed by atoms with van der Waals surface area (Å²) in [5.41, 5.74) is 0. The maximum absolute atomic E-state index is 12.3. The number of aliphatic hydroxyl groups excluding tert-OH is 1. The minimum atomic E-state index is -0.788. The predicted octanol–water partition coefficient (Wildman–Crippen LogP) is 18.9. The first-order valence-electron chi connectivity index (χ1n) is 27.9. The topological polar surface area (TPSA) is 72.8 Å². The van der Waals surface area contributed by atoms with Gasteiger partial charge in [-0.2, -0.15) is 0 Å². The fraction of sp³-hybridized carbons (Fsp3) is 0.677. The van der Waals surface area contributed by atoms with Crippen molar-refractivity contribution in [3.63, 3.8) is 0 Å². The molecule has 0 bridgehead atoms. The summed E-state index contributed by atoms with van der Waals surface area (Å²) in [5, 5.41) is 9.64. The van der Waals surface area contributed by atoms with Crippen molar-refractivity contribution < 1.29 is 24.2 Å². The van der Waals surface area contributed by atoms with Crippen LogP contribution in [-0.2, 0) is 19.1 Å². The average Bonchev–Trinajstić information content (AvgIpc) is 3.33. The van der Waals surface area contributed by atoms with Gasteiger partial charge in [-0.05, 0) is 83.5 Å². The van der Waals surface area contributed by atoms with Crippen molar-refractivity contribution in [2.75, 3.05) is 13.2 Å². The third kappa shape index (κ3) is 55.0. The van der Waals surface area contributed by atoms with Gasteiger partial charge in [0, 0.05) is 12.8 Å². The SMILES string of the molecule is CC/C=C\C/C=C\C/C=C\C/C=C\C/C=C\C/C=C\C/C=C\C/C=C\C/C=C\CCCCCCCC(=O)OC(CO)COC(=O)CCCCCCCCCCCCCCCCCCCCCC. The van der Waals surface area contributed by atoms with Crippen LogP contribution in [0.3, 0.4) is 0 Å². The Morgan fingerprint density at radius 2 is 0.642 bits per heavy atom. The average molecular weight is 930 g/mol. The van der Waals surface area contributed by atoms with Crippen molar-refractivity contribution >= 4 is 11.9 Å². The van der Waals surface area contributed by atoms with Crippen LogP contribution < -0.4 is 0 Å². The van der Waals surface area contributed by atoms with Gasteiger partial charge in [0.2, 0.25) is 0 Å². The highest BCUT2D eigenvalue weighted by atomic mass is 16.6. The fourth-order valence-corrected chi connectivity index (χ4v) is 7.67. The monoisotopic (exact) mass is 929 g/mol. The second-order valence-corrected chi connectivity index (χ2v) is 18.3. The number of hydrogen-bond donors (Lipinski definition) is 1. The molecule has 0 amide bonds.